The van der Waals surface area contributed by atoms with Crippen LogP contribution in [-0.2, 0) is 9.53 Å². The summed E-state index contributed by atoms with van der Waals surface area (Å²) >= 11 is 4.72. The van der Waals surface area contributed by atoms with Crippen molar-refractivity contribution in [3.05, 3.63) is 20.8 Å². The molecule has 0 N–H and O–H groups in total. The summed E-state index contributed by atoms with van der Waals surface area (Å²) in [4.78, 5) is 26.3. The van der Waals surface area contributed by atoms with Crippen molar-refractivity contribution in [2.75, 3.05) is 13.7 Å². The molecule has 1 aromatic heterocycles. The molecule has 1 amide bonds. The fourth-order valence-electron chi connectivity index (χ4n) is 2.13. The van der Waals surface area contributed by atoms with Gasteiger partial charge in [-0.05, 0) is 47.3 Å². The zero-order chi connectivity index (χ0) is 13.1. The highest BCUT2D eigenvalue weighted by Crippen LogP contribution is 2.26. The van der Waals surface area contributed by atoms with E-state index in [1.54, 1.807) is 11.0 Å². The molecule has 2 rings (SSSR count). The summed E-state index contributed by atoms with van der Waals surface area (Å²) in [7, 11) is 1.36. The van der Waals surface area contributed by atoms with Gasteiger partial charge in [0, 0.05) is 6.54 Å². The van der Waals surface area contributed by atoms with E-state index in [4.69, 9.17) is 4.74 Å². The number of likely N-dealkylation sites (tertiary alicyclic amines) is 1. The number of piperidine rings is 1. The fourth-order valence-corrected chi connectivity index (χ4v) is 3.47. The van der Waals surface area contributed by atoms with Gasteiger partial charge in [0.1, 0.15) is 6.04 Å². The molecule has 0 spiro atoms. The molecule has 1 fully saturated rings. The molecule has 6 heteroatoms. The summed E-state index contributed by atoms with van der Waals surface area (Å²) in [5.41, 5.74) is 0. The average molecular weight is 332 g/mol. The van der Waals surface area contributed by atoms with Gasteiger partial charge in [0.2, 0.25) is 0 Å². The van der Waals surface area contributed by atoms with Crippen LogP contribution >= 0.6 is 27.3 Å². The lowest BCUT2D eigenvalue weighted by Crippen LogP contribution is -2.48. The molecular formula is C12H14BrNO3S. The molecule has 0 saturated carbocycles. The van der Waals surface area contributed by atoms with Crippen LogP contribution < -0.4 is 0 Å². The van der Waals surface area contributed by atoms with E-state index < -0.39 is 6.04 Å². The van der Waals surface area contributed by atoms with Crippen molar-refractivity contribution in [2.24, 2.45) is 0 Å². The molecular weight excluding hydrogens is 318 g/mol. The zero-order valence-electron chi connectivity index (χ0n) is 10.0. The molecule has 1 saturated heterocycles. The van der Waals surface area contributed by atoms with E-state index in [-0.39, 0.29) is 11.9 Å². The summed E-state index contributed by atoms with van der Waals surface area (Å²) in [6.45, 7) is 0.619. The van der Waals surface area contributed by atoms with Crippen molar-refractivity contribution in [3.63, 3.8) is 0 Å². The summed E-state index contributed by atoms with van der Waals surface area (Å²) in [5, 5.41) is 0. The van der Waals surface area contributed by atoms with E-state index in [0.29, 0.717) is 17.8 Å². The Balaban J connectivity index is 2.18. The Morgan fingerprint density at radius 2 is 2.22 bits per heavy atom. The van der Waals surface area contributed by atoms with Crippen molar-refractivity contribution in [3.8, 4) is 0 Å². The minimum absolute atomic E-state index is 0.0826. The maximum atomic E-state index is 12.4. The predicted octanol–water partition coefficient (Wildman–Crippen LogP) is 2.68. The zero-order valence-corrected chi connectivity index (χ0v) is 12.4. The van der Waals surface area contributed by atoms with Crippen LogP contribution in [0.1, 0.15) is 28.9 Å². The number of hydrogen-bond donors (Lipinski definition) is 0. The Kier molecular flexibility index (Phi) is 4.40. The summed E-state index contributed by atoms with van der Waals surface area (Å²) in [6, 6.07) is 3.19. The maximum absolute atomic E-state index is 12.4. The highest BCUT2D eigenvalue weighted by atomic mass is 79.9. The van der Waals surface area contributed by atoms with E-state index in [1.165, 1.54) is 18.4 Å². The van der Waals surface area contributed by atoms with Crippen LogP contribution in [0.5, 0.6) is 0 Å². The van der Waals surface area contributed by atoms with Crippen LogP contribution in [0.15, 0.2) is 15.9 Å². The molecule has 1 aliphatic rings. The lowest BCUT2D eigenvalue weighted by molar-refractivity contribution is -0.147. The van der Waals surface area contributed by atoms with Gasteiger partial charge in [-0.3, -0.25) is 4.79 Å². The maximum Gasteiger partial charge on any atom is 0.328 e. The summed E-state index contributed by atoms with van der Waals surface area (Å²) in [6.07, 6.45) is 2.58. The molecule has 18 heavy (non-hydrogen) atoms. The molecule has 1 unspecified atom stereocenters. The minimum Gasteiger partial charge on any atom is -0.467 e. The van der Waals surface area contributed by atoms with Crippen molar-refractivity contribution >= 4 is 39.1 Å². The molecule has 0 radical (unpaired) electrons. The Morgan fingerprint density at radius 3 is 2.83 bits per heavy atom. The predicted molar refractivity (Wildman–Crippen MR) is 72.7 cm³/mol. The van der Waals surface area contributed by atoms with Gasteiger partial charge in [0.25, 0.3) is 5.91 Å². The number of hydrogen-bond acceptors (Lipinski definition) is 4. The summed E-state index contributed by atoms with van der Waals surface area (Å²) in [5.74, 6) is -0.403. The molecule has 0 bridgehead atoms. The van der Waals surface area contributed by atoms with E-state index >= 15 is 0 Å². The molecule has 2 heterocycles. The second kappa shape index (κ2) is 5.84. The largest absolute Gasteiger partial charge is 0.467 e. The minimum atomic E-state index is -0.433. The van der Waals surface area contributed by atoms with E-state index in [2.05, 4.69) is 15.9 Å². The van der Waals surface area contributed by atoms with Gasteiger partial charge in [-0.1, -0.05) is 0 Å². The van der Waals surface area contributed by atoms with Crippen LogP contribution in [0.25, 0.3) is 0 Å². The lowest BCUT2D eigenvalue weighted by atomic mass is 10.0. The normalized spacial score (nSPS) is 19.7. The van der Waals surface area contributed by atoms with Gasteiger partial charge >= 0.3 is 5.97 Å². The Bertz CT molecular complexity index is 460. The van der Waals surface area contributed by atoms with Crippen LogP contribution in [-0.4, -0.2) is 36.5 Å². The van der Waals surface area contributed by atoms with Gasteiger partial charge in [-0.25, -0.2) is 4.79 Å². The number of rotatable bonds is 2. The third kappa shape index (κ3) is 2.75. The first-order valence-corrected chi connectivity index (χ1v) is 7.38. The second-order valence-electron chi connectivity index (χ2n) is 4.14. The number of esters is 1. The number of methoxy groups -OCH3 is 1. The van der Waals surface area contributed by atoms with Crippen molar-refractivity contribution in [2.45, 2.75) is 25.3 Å². The standard InChI is InChI=1S/C12H14BrNO3S/c1-17-12(16)8-4-2-3-7-14(8)11(15)9-5-6-10(13)18-9/h5-6,8H,2-4,7H2,1H3. The quantitative estimate of drug-likeness (QED) is 0.783. The molecule has 1 aliphatic heterocycles. The Hall–Kier alpha value is -0.880. The monoisotopic (exact) mass is 331 g/mol. The summed E-state index contributed by atoms with van der Waals surface area (Å²) < 4.78 is 5.69. The number of carbonyl (C=O) groups is 2. The van der Waals surface area contributed by atoms with E-state index in [0.717, 1.165) is 16.6 Å². The first-order chi connectivity index (χ1) is 8.63. The Labute approximate surface area is 118 Å². The molecule has 4 nitrogen and oxygen atoms in total. The van der Waals surface area contributed by atoms with Gasteiger partial charge in [0.15, 0.2) is 0 Å². The first kappa shape index (κ1) is 13.5. The van der Waals surface area contributed by atoms with Crippen LogP contribution in [0.2, 0.25) is 0 Å². The number of nitrogens with zero attached hydrogens (tertiary/aromatic N) is 1. The number of halogens is 1. The average Bonchev–Trinajstić information content (AvgIpc) is 2.83. The van der Waals surface area contributed by atoms with Crippen molar-refractivity contribution < 1.29 is 14.3 Å². The molecule has 1 atom stereocenters. The van der Waals surface area contributed by atoms with Crippen LogP contribution in [0.4, 0.5) is 0 Å². The highest BCUT2D eigenvalue weighted by Gasteiger charge is 2.33. The SMILES string of the molecule is COC(=O)C1CCCCN1C(=O)c1ccc(Br)s1. The third-order valence-corrected chi connectivity index (χ3v) is 4.63. The van der Waals surface area contributed by atoms with Gasteiger partial charge in [-0.15, -0.1) is 11.3 Å². The topological polar surface area (TPSA) is 46.6 Å². The van der Waals surface area contributed by atoms with Crippen LogP contribution in [0.3, 0.4) is 0 Å². The fraction of sp³-hybridized carbons (Fsp3) is 0.500. The van der Waals surface area contributed by atoms with Gasteiger partial charge in [0.05, 0.1) is 15.8 Å². The van der Waals surface area contributed by atoms with E-state index in [1.807, 2.05) is 6.07 Å². The smallest absolute Gasteiger partial charge is 0.328 e. The van der Waals surface area contributed by atoms with Crippen molar-refractivity contribution in [1.29, 1.82) is 0 Å². The van der Waals surface area contributed by atoms with Gasteiger partial charge < -0.3 is 9.64 Å². The van der Waals surface area contributed by atoms with E-state index in [9.17, 15) is 9.59 Å². The number of thiophene rings is 1. The molecule has 0 aliphatic carbocycles. The number of ether oxygens (including phenoxy) is 1. The van der Waals surface area contributed by atoms with Gasteiger partial charge in [-0.2, -0.15) is 0 Å². The number of amides is 1. The highest BCUT2D eigenvalue weighted by molar-refractivity contribution is 9.11. The third-order valence-electron chi connectivity index (χ3n) is 3.02. The first-order valence-electron chi connectivity index (χ1n) is 5.77. The second-order valence-corrected chi connectivity index (χ2v) is 6.60. The Morgan fingerprint density at radius 1 is 1.44 bits per heavy atom. The molecule has 0 aromatic carbocycles. The number of carbonyl (C=O) groups excluding carboxylic acids is 2. The molecule has 98 valence electrons. The lowest BCUT2D eigenvalue weighted by Gasteiger charge is -2.33. The van der Waals surface area contributed by atoms with Crippen molar-refractivity contribution in [1.82, 2.24) is 4.90 Å². The molecule has 1 aromatic rings. The van der Waals surface area contributed by atoms with Crippen LogP contribution in [0, 0.1) is 0 Å².